The second kappa shape index (κ2) is 7.79. The molecule has 0 saturated carbocycles. The number of pyridine rings is 1. The molecule has 2 amide bonds. The number of amides is 2. The van der Waals surface area contributed by atoms with Crippen LogP contribution in [0.2, 0.25) is 25.2 Å². The minimum atomic E-state index is -0.665. The number of rotatable bonds is 3. The van der Waals surface area contributed by atoms with Crippen LogP contribution in [0.15, 0.2) is 18.2 Å². The summed E-state index contributed by atoms with van der Waals surface area (Å²) in [6, 6.07) is 4.91. The molecule has 2 heterocycles. The molecule has 1 fully saturated rings. The van der Waals surface area contributed by atoms with E-state index in [1.807, 2.05) is 0 Å². The van der Waals surface area contributed by atoms with Crippen LogP contribution in [-0.4, -0.2) is 23.3 Å². The molecule has 3 rings (SSSR count). The summed E-state index contributed by atoms with van der Waals surface area (Å²) in [4.78, 5) is 29.9. The van der Waals surface area contributed by atoms with E-state index in [1.165, 1.54) is 0 Å². The van der Waals surface area contributed by atoms with E-state index in [9.17, 15) is 9.59 Å². The van der Waals surface area contributed by atoms with Crippen LogP contribution >= 0.6 is 58.0 Å². The number of aromatic nitrogens is 1. The van der Waals surface area contributed by atoms with Crippen molar-refractivity contribution in [1.29, 1.82) is 0 Å². The maximum atomic E-state index is 12.5. The molecule has 136 valence electrons. The van der Waals surface area contributed by atoms with Gasteiger partial charge >= 0.3 is 0 Å². The zero-order valence-corrected chi connectivity index (χ0v) is 16.7. The Labute approximate surface area is 174 Å². The predicted octanol–water partition coefficient (Wildman–Crippen LogP) is 5.73. The van der Waals surface area contributed by atoms with E-state index in [-0.39, 0.29) is 36.8 Å². The van der Waals surface area contributed by atoms with Crippen molar-refractivity contribution in [1.82, 2.24) is 4.98 Å². The summed E-state index contributed by atoms with van der Waals surface area (Å²) in [6.45, 7) is 0.615. The van der Waals surface area contributed by atoms with Gasteiger partial charge in [-0.1, -0.05) is 58.0 Å². The largest absolute Gasteiger partial charge is 0.319 e. The molecule has 10 heteroatoms. The summed E-state index contributed by atoms with van der Waals surface area (Å²) in [5, 5.41) is 2.51. The number of nitrogens with zero attached hydrogens (tertiary/aromatic N) is 2. The molecule has 26 heavy (non-hydrogen) atoms. The molecular formula is C16H10Cl5N3O2. The van der Waals surface area contributed by atoms with Gasteiger partial charge in [0.25, 0.3) is 5.91 Å². The quantitative estimate of drug-likeness (QED) is 0.604. The highest BCUT2D eigenvalue weighted by Crippen LogP contribution is 2.37. The molecule has 1 aromatic carbocycles. The maximum absolute atomic E-state index is 12.5. The van der Waals surface area contributed by atoms with Crippen molar-refractivity contribution in [2.24, 2.45) is 0 Å². The molecule has 1 aliphatic heterocycles. The molecule has 0 spiro atoms. The third-order valence-corrected chi connectivity index (χ3v) is 5.79. The first-order valence-corrected chi connectivity index (χ1v) is 9.30. The summed E-state index contributed by atoms with van der Waals surface area (Å²) < 4.78 is 0. The van der Waals surface area contributed by atoms with Crippen molar-refractivity contribution in [3.63, 3.8) is 0 Å². The van der Waals surface area contributed by atoms with Gasteiger partial charge in [0.15, 0.2) is 0 Å². The number of nitrogens with one attached hydrogen (secondary N) is 1. The Morgan fingerprint density at radius 3 is 2.46 bits per heavy atom. The number of carbonyl (C=O) groups is 2. The maximum Gasteiger partial charge on any atom is 0.275 e. The predicted molar refractivity (Wildman–Crippen MR) is 105 cm³/mol. The standard InChI is InChI=1S/C16H10Cl5N3O2/c17-8-4-3-7(24-5-1-2-10(24)25)6-9(8)22-16(26)14-12(19)11(18)13(20)15(21)23-14/h3-4,6H,1-2,5H2,(H,22,26). The lowest BCUT2D eigenvalue weighted by Crippen LogP contribution is -2.24. The topological polar surface area (TPSA) is 62.3 Å². The highest BCUT2D eigenvalue weighted by atomic mass is 35.5. The van der Waals surface area contributed by atoms with Gasteiger partial charge in [0.05, 0.1) is 25.8 Å². The molecule has 0 aliphatic carbocycles. The third kappa shape index (κ3) is 3.73. The first-order valence-electron chi connectivity index (χ1n) is 7.41. The van der Waals surface area contributed by atoms with Crippen molar-refractivity contribution in [2.45, 2.75) is 12.8 Å². The molecule has 0 unspecified atom stereocenters. The van der Waals surface area contributed by atoms with Crippen LogP contribution in [0, 0.1) is 0 Å². The van der Waals surface area contributed by atoms with Crippen LogP contribution in [0.3, 0.4) is 0 Å². The fraction of sp³-hybridized carbons (Fsp3) is 0.188. The van der Waals surface area contributed by atoms with E-state index in [4.69, 9.17) is 58.0 Å². The Balaban J connectivity index is 1.92. The Morgan fingerprint density at radius 2 is 1.81 bits per heavy atom. The van der Waals surface area contributed by atoms with Gasteiger partial charge < -0.3 is 10.2 Å². The van der Waals surface area contributed by atoms with Crippen molar-refractivity contribution in [3.05, 3.63) is 49.1 Å². The van der Waals surface area contributed by atoms with E-state index in [1.54, 1.807) is 23.1 Å². The average molecular weight is 454 g/mol. The number of hydrogen-bond acceptors (Lipinski definition) is 3. The number of benzene rings is 1. The van der Waals surface area contributed by atoms with Gasteiger partial charge in [0, 0.05) is 18.7 Å². The Hall–Kier alpha value is -1.24. The summed E-state index contributed by atoms with van der Waals surface area (Å²) in [5.74, 6) is -0.646. The first kappa shape index (κ1) is 19.5. The highest BCUT2D eigenvalue weighted by Gasteiger charge is 2.24. The van der Waals surface area contributed by atoms with Crippen LogP contribution < -0.4 is 10.2 Å². The van der Waals surface area contributed by atoms with Crippen LogP contribution in [0.25, 0.3) is 0 Å². The smallest absolute Gasteiger partial charge is 0.275 e. The summed E-state index contributed by atoms with van der Waals surface area (Å²) in [5.41, 5.74) is 0.747. The van der Waals surface area contributed by atoms with E-state index >= 15 is 0 Å². The molecule has 1 N–H and O–H groups in total. The molecule has 5 nitrogen and oxygen atoms in total. The van der Waals surface area contributed by atoms with Crippen molar-refractivity contribution >= 4 is 81.2 Å². The Kier molecular flexibility index (Phi) is 5.85. The lowest BCUT2D eigenvalue weighted by Gasteiger charge is -2.18. The van der Waals surface area contributed by atoms with Crippen LogP contribution in [0.1, 0.15) is 23.3 Å². The molecule has 0 atom stereocenters. The monoisotopic (exact) mass is 451 g/mol. The normalized spacial score (nSPS) is 14.0. The Morgan fingerprint density at radius 1 is 1.08 bits per heavy atom. The zero-order chi connectivity index (χ0) is 19.0. The fourth-order valence-electron chi connectivity index (χ4n) is 2.52. The summed E-state index contributed by atoms with van der Waals surface area (Å²) >= 11 is 29.9. The average Bonchev–Trinajstić information content (AvgIpc) is 3.04. The summed E-state index contributed by atoms with van der Waals surface area (Å²) in [6.07, 6.45) is 1.27. The Bertz CT molecular complexity index is 919. The third-order valence-electron chi connectivity index (χ3n) is 3.78. The second-order valence-electron chi connectivity index (χ2n) is 5.46. The first-order chi connectivity index (χ1) is 12.3. The molecule has 1 aromatic heterocycles. The van der Waals surface area contributed by atoms with Crippen molar-refractivity contribution in [2.75, 3.05) is 16.8 Å². The number of anilines is 2. The SMILES string of the molecule is O=C(Nc1cc(N2CCCC2=O)ccc1Cl)c1nc(Cl)c(Cl)c(Cl)c1Cl. The van der Waals surface area contributed by atoms with Gasteiger partial charge in [-0.15, -0.1) is 0 Å². The van der Waals surface area contributed by atoms with Crippen LogP contribution in [0.4, 0.5) is 11.4 Å². The van der Waals surface area contributed by atoms with Crippen LogP contribution in [0.5, 0.6) is 0 Å². The fourth-order valence-corrected chi connectivity index (χ4v) is 3.50. The van der Waals surface area contributed by atoms with Gasteiger partial charge in [0.1, 0.15) is 10.8 Å². The second-order valence-corrected chi connectivity index (χ2v) is 7.36. The molecule has 1 saturated heterocycles. The zero-order valence-electron chi connectivity index (χ0n) is 13.0. The van der Waals surface area contributed by atoms with E-state index < -0.39 is 5.91 Å². The van der Waals surface area contributed by atoms with Gasteiger partial charge in [-0.25, -0.2) is 4.98 Å². The van der Waals surface area contributed by atoms with Crippen molar-refractivity contribution < 1.29 is 9.59 Å². The minimum absolute atomic E-state index is 0.0191. The van der Waals surface area contributed by atoms with Gasteiger partial charge in [-0.2, -0.15) is 0 Å². The number of hydrogen-bond donors (Lipinski definition) is 1. The highest BCUT2D eigenvalue weighted by molar-refractivity contribution is 6.52. The van der Waals surface area contributed by atoms with Crippen molar-refractivity contribution in [3.8, 4) is 0 Å². The minimum Gasteiger partial charge on any atom is -0.319 e. The number of carbonyl (C=O) groups excluding carboxylic acids is 2. The van der Waals surface area contributed by atoms with Gasteiger partial charge in [0.2, 0.25) is 5.91 Å². The van der Waals surface area contributed by atoms with Gasteiger partial charge in [-0.05, 0) is 24.6 Å². The number of halogens is 5. The molecular weight excluding hydrogens is 443 g/mol. The molecule has 0 bridgehead atoms. The summed E-state index contributed by atoms with van der Waals surface area (Å²) in [7, 11) is 0. The van der Waals surface area contributed by atoms with E-state index in [0.717, 1.165) is 6.42 Å². The lowest BCUT2D eigenvalue weighted by molar-refractivity contribution is -0.117. The van der Waals surface area contributed by atoms with Gasteiger partial charge in [-0.3, -0.25) is 9.59 Å². The van der Waals surface area contributed by atoms with E-state index in [2.05, 4.69) is 10.3 Å². The lowest BCUT2D eigenvalue weighted by atomic mass is 10.2. The molecule has 1 aliphatic rings. The van der Waals surface area contributed by atoms with Crippen LogP contribution in [-0.2, 0) is 4.79 Å². The molecule has 2 aromatic rings. The molecule has 0 radical (unpaired) electrons. The van der Waals surface area contributed by atoms with E-state index in [0.29, 0.717) is 24.3 Å².